The zero-order chi connectivity index (χ0) is 17.0. The molecule has 0 fully saturated rings. The highest BCUT2D eigenvalue weighted by Crippen LogP contribution is 2.34. The molecule has 0 aliphatic carbocycles. The van der Waals surface area contributed by atoms with Crippen LogP contribution in [0.2, 0.25) is 0 Å². The minimum absolute atomic E-state index is 0.0265. The van der Waals surface area contributed by atoms with Gasteiger partial charge in [0.1, 0.15) is 0 Å². The molecule has 124 valence electrons. The molecule has 1 aromatic rings. The molecule has 1 aliphatic rings. The van der Waals surface area contributed by atoms with E-state index in [1.807, 2.05) is 0 Å². The highest BCUT2D eigenvalue weighted by atomic mass is 16.6. The summed E-state index contributed by atoms with van der Waals surface area (Å²) >= 11 is 0. The molecule has 0 aromatic carbocycles. The predicted molar refractivity (Wildman–Crippen MR) is 79.2 cm³/mol. The van der Waals surface area contributed by atoms with Crippen molar-refractivity contribution in [2.24, 2.45) is 0 Å². The summed E-state index contributed by atoms with van der Waals surface area (Å²) in [5.41, 5.74) is 0. The summed E-state index contributed by atoms with van der Waals surface area (Å²) < 4.78 is 10.4. The van der Waals surface area contributed by atoms with E-state index in [1.165, 1.54) is 17.0 Å². The van der Waals surface area contributed by atoms with Gasteiger partial charge in [0.05, 0.1) is 13.0 Å². The number of fused-ring (bicyclic) bond motifs is 1. The van der Waals surface area contributed by atoms with Crippen LogP contribution in [0.4, 0.5) is 11.6 Å². The van der Waals surface area contributed by atoms with Crippen molar-refractivity contribution in [3.8, 4) is 5.75 Å². The van der Waals surface area contributed by atoms with E-state index < -0.39 is 22.8 Å². The van der Waals surface area contributed by atoms with E-state index in [0.717, 1.165) is 0 Å². The van der Waals surface area contributed by atoms with Crippen molar-refractivity contribution in [2.45, 2.75) is 32.8 Å². The van der Waals surface area contributed by atoms with Crippen molar-refractivity contribution >= 4 is 23.5 Å². The Morgan fingerprint density at radius 2 is 2.22 bits per heavy atom. The van der Waals surface area contributed by atoms with Crippen LogP contribution < -0.4 is 9.64 Å². The summed E-state index contributed by atoms with van der Waals surface area (Å²) in [6.45, 7) is 3.74. The zero-order valence-electron chi connectivity index (χ0n) is 12.9. The largest absolute Gasteiger partial charge is 0.474 e. The second kappa shape index (κ2) is 7.03. The van der Waals surface area contributed by atoms with Crippen LogP contribution in [0.15, 0.2) is 12.1 Å². The lowest BCUT2D eigenvalue weighted by Crippen LogP contribution is -2.47. The summed E-state index contributed by atoms with van der Waals surface area (Å²) in [7, 11) is 0. The van der Waals surface area contributed by atoms with Crippen LogP contribution in [0.1, 0.15) is 26.7 Å². The topological polar surface area (TPSA) is 112 Å². The Hall–Kier alpha value is -2.71. The smallest absolute Gasteiger partial charge is 0.366 e. The van der Waals surface area contributed by atoms with Crippen molar-refractivity contribution in [2.75, 3.05) is 18.1 Å². The maximum absolute atomic E-state index is 12.4. The fourth-order valence-corrected chi connectivity index (χ4v) is 2.20. The molecule has 0 saturated heterocycles. The van der Waals surface area contributed by atoms with Crippen LogP contribution in [-0.2, 0) is 14.3 Å². The van der Waals surface area contributed by atoms with E-state index >= 15 is 0 Å². The minimum Gasteiger partial charge on any atom is -0.474 e. The van der Waals surface area contributed by atoms with Crippen LogP contribution in [0.3, 0.4) is 0 Å². The molecular formula is C14H17N3O6. The lowest BCUT2D eigenvalue weighted by atomic mass is 10.2. The first-order chi connectivity index (χ1) is 11.0. The molecule has 23 heavy (non-hydrogen) atoms. The van der Waals surface area contributed by atoms with Crippen molar-refractivity contribution in [1.29, 1.82) is 0 Å². The number of nitrogens with zero attached hydrogens (tertiary/aromatic N) is 3. The molecule has 0 N–H and O–H groups in total. The van der Waals surface area contributed by atoms with Gasteiger partial charge in [0, 0.05) is 12.6 Å². The van der Waals surface area contributed by atoms with Gasteiger partial charge in [-0.3, -0.25) is 14.5 Å². The van der Waals surface area contributed by atoms with Crippen molar-refractivity contribution in [3.63, 3.8) is 0 Å². The number of nitro groups is 1. The second-order valence-electron chi connectivity index (χ2n) is 4.81. The number of hydrogen-bond acceptors (Lipinski definition) is 7. The molecular weight excluding hydrogens is 306 g/mol. The number of carbonyl (C=O) groups excluding carboxylic acids is 2. The maximum atomic E-state index is 12.4. The van der Waals surface area contributed by atoms with Crippen molar-refractivity contribution < 1.29 is 24.0 Å². The van der Waals surface area contributed by atoms with E-state index in [-0.39, 0.29) is 37.0 Å². The van der Waals surface area contributed by atoms with Crippen LogP contribution in [0.5, 0.6) is 5.75 Å². The van der Waals surface area contributed by atoms with Crippen LogP contribution >= 0.6 is 0 Å². The highest BCUT2D eigenvalue weighted by Gasteiger charge is 2.38. The number of ether oxygens (including phenoxy) is 2. The van der Waals surface area contributed by atoms with Gasteiger partial charge in [-0.15, -0.1) is 0 Å². The monoisotopic (exact) mass is 323 g/mol. The zero-order valence-corrected chi connectivity index (χ0v) is 12.9. The maximum Gasteiger partial charge on any atom is 0.366 e. The third kappa shape index (κ3) is 3.55. The second-order valence-corrected chi connectivity index (χ2v) is 4.81. The number of rotatable bonds is 6. The molecule has 1 atom stereocenters. The molecule has 0 bridgehead atoms. The third-order valence-corrected chi connectivity index (χ3v) is 3.29. The number of carbonyl (C=O) groups is 2. The molecule has 1 unspecified atom stereocenters. The average molecular weight is 323 g/mol. The van der Waals surface area contributed by atoms with Gasteiger partial charge in [0.2, 0.25) is 0 Å². The Bertz CT molecular complexity index is 633. The molecule has 2 heterocycles. The van der Waals surface area contributed by atoms with Gasteiger partial charge in [-0.05, 0) is 29.3 Å². The Kier molecular flexibility index (Phi) is 5.09. The molecule has 1 aliphatic heterocycles. The first-order valence-corrected chi connectivity index (χ1v) is 7.27. The summed E-state index contributed by atoms with van der Waals surface area (Å²) in [6.07, 6.45) is -0.293. The molecule has 9 nitrogen and oxygen atoms in total. The summed E-state index contributed by atoms with van der Waals surface area (Å²) in [5, 5.41) is 10.9. The SMILES string of the molecule is CCOC(=O)CCN1C(=O)C(CC)Oc2ccc([N+](=O)[O-])nc21. The van der Waals surface area contributed by atoms with Crippen molar-refractivity contribution in [3.05, 3.63) is 22.2 Å². The minimum atomic E-state index is -0.701. The van der Waals surface area contributed by atoms with Gasteiger partial charge in [0.25, 0.3) is 11.7 Å². The van der Waals surface area contributed by atoms with E-state index in [0.29, 0.717) is 6.42 Å². The number of pyridine rings is 1. The lowest BCUT2D eigenvalue weighted by molar-refractivity contribution is -0.389. The Morgan fingerprint density at radius 1 is 1.48 bits per heavy atom. The van der Waals surface area contributed by atoms with E-state index in [1.54, 1.807) is 13.8 Å². The summed E-state index contributed by atoms with van der Waals surface area (Å²) in [6, 6.07) is 2.62. The third-order valence-electron chi connectivity index (χ3n) is 3.29. The molecule has 0 spiro atoms. The first kappa shape index (κ1) is 16.7. The fourth-order valence-electron chi connectivity index (χ4n) is 2.20. The van der Waals surface area contributed by atoms with Gasteiger partial charge in [-0.1, -0.05) is 6.92 Å². The van der Waals surface area contributed by atoms with E-state index in [4.69, 9.17) is 9.47 Å². The first-order valence-electron chi connectivity index (χ1n) is 7.27. The molecule has 0 radical (unpaired) electrons. The van der Waals surface area contributed by atoms with Crippen LogP contribution in [0, 0.1) is 10.1 Å². The Balaban J connectivity index is 2.31. The van der Waals surface area contributed by atoms with E-state index in [2.05, 4.69) is 4.98 Å². The number of hydrogen-bond donors (Lipinski definition) is 0. The van der Waals surface area contributed by atoms with Gasteiger partial charge in [0.15, 0.2) is 11.9 Å². The van der Waals surface area contributed by atoms with Gasteiger partial charge in [-0.25, -0.2) is 0 Å². The van der Waals surface area contributed by atoms with Crippen molar-refractivity contribution in [1.82, 2.24) is 4.98 Å². The highest BCUT2D eigenvalue weighted by molar-refractivity contribution is 5.99. The molecule has 1 aromatic heterocycles. The van der Waals surface area contributed by atoms with Gasteiger partial charge in [-0.2, -0.15) is 0 Å². The van der Waals surface area contributed by atoms with Gasteiger partial charge < -0.3 is 19.6 Å². The number of esters is 1. The fraction of sp³-hybridized carbons (Fsp3) is 0.500. The molecule has 0 saturated carbocycles. The summed E-state index contributed by atoms with van der Waals surface area (Å²) in [4.78, 5) is 39.3. The number of aromatic nitrogens is 1. The Labute approximate surface area is 132 Å². The molecule has 2 rings (SSSR count). The average Bonchev–Trinajstić information content (AvgIpc) is 2.53. The normalized spacial score (nSPS) is 16.5. The van der Waals surface area contributed by atoms with E-state index in [9.17, 15) is 19.7 Å². The molecule has 1 amide bonds. The number of anilines is 1. The van der Waals surface area contributed by atoms with Gasteiger partial charge >= 0.3 is 11.8 Å². The quantitative estimate of drug-likeness (QED) is 0.442. The summed E-state index contributed by atoms with van der Waals surface area (Å²) in [5.74, 6) is -0.885. The predicted octanol–water partition coefficient (Wildman–Crippen LogP) is 1.45. The number of amides is 1. The standard InChI is InChI=1S/C14H17N3O6/c1-3-9-14(19)16(8-7-12(18)22-4-2)13-10(23-9)5-6-11(15-13)17(20)21/h5-6,9H,3-4,7-8H2,1-2H3. The molecule has 9 heteroatoms. The Morgan fingerprint density at radius 3 is 2.83 bits per heavy atom. The lowest BCUT2D eigenvalue weighted by Gasteiger charge is -2.30. The van der Waals surface area contributed by atoms with Crippen LogP contribution in [-0.4, -0.2) is 41.0 Å². The van der Waals surface area contributed by atoms with Crippen LogP contribution in [0.25, 0.3) is 0 Å².